The zero-order valence-electron chi connectivity index (χ0n) is 17.0. The van der Waals surface area contributed by atoms with Gasteiger partial charge in [-0.3, -0.25) is 4.79 Å². The smallest absolute Gasteiger partial charge is 0.243 e. The Hall–Kier alpha value is -2.58. The molecule has 2 heterocycles. The molecule has 1 amide bonds. The number of amides is 1. The second-order valence-electron chi connectivity index (χ2n) is 7.66. The van der Waals surface area contributed by atoms with Crippen LogP contribution < -0.4 is 9.47 Å². The first-order valence-corrected chi connectivity index (χ1v) is 11.6. The standard InChI is InChI=1S/C22H26N2O5S/c1-23(16-17-5-3-2-4-6-17)22(25)18-9-11-24(12-10-18)30(26,27)19-7-8-20-21(15-19)29-14-13-28-20/h2-8,15,18H,9-14,16H2,1H3. The molecular formula is C22H26N2O5S. The molecule has 8 heteroatoms. The van der Waals surface area contributed by atoms with E-state index in [-0.39, 0.29) is 16.7 Å². The third-order valence-corrected chi connectivity index (χ3v) is 7.49. The van der Waals surface area contributed by atoms with Crippen molar-refractivity contribution < 1.29 is 22.7 Å². The van der Waals surface area contributed by atoms with Crippen LogP contribution in [0.5, 0.6) is 11.5 Å². The molecule has 0 N–H and O–H groups in total. The van der Waals surface area contributed by atoms with E-state index in [1.54, 1.807) is 24.1 Å². The van der Waals surface area contributed by atoms with E-state index >= 15 is 0 Å². The molecule has 0 unspecified atom stereocenters. The second-order valence-corrected chi connectivity index (χ2v) is 9.60. The Balaban J connectivity index is 1.38. The van der Waals surface area contributed by atoms with E-state index in [0.717, 1.165) is 5.56 Å². The molecule has 2 aromatic rings. The summed E-state index contributed by atoms with van der Waals surface area (Å²) in [5.74, 6) is 0.918. The van der Waals surface area contributed by atoms with Gasteiger partial charge in [0.1, 0.15) is 13.2 Å². The molecule has 2 aromatic carbocycles. The Morgan fingerprint density at radius 3 is 2.40 bits per heavy atom. The lowest BCUT2D eigenvalue weighted by atomic mass is 9.96. The van der Waals surface area contributed by atoms with Crippen LogP contribution in [0.15, 0.2) is 53.4 Å². The Morgan fingerprint density at radius 1 is 1.03 bits per heavy atom. The molecule has 0 radical (unpaired) electrons. The molecule has 7 nitrogen and oxygen atoms in total. The van der Waals surface area contributed by atoms with Crippen molar-refractivity contribution in [2.75, 3.05) is 33.4 Å². The number of nitrogens with zero attached hydrogens (tertiary/aromatic N) is 2. The molecule has 0 bridgehead atoms. The fourth-order valence-corrected chi connectivity index (χ4v) is 5.41. The van der Waals surface area contributed by atoms with Crippen molar-refractivity contribution in [1.82, 2.24) is 9.21 Å². The molecule has 1 saturated heterocycles. The van der Waals surface area contributed by atoms with Crippen LogP contribution in [0.1, 0.15) is 18.4 Å². The Bertz CT molecular complexity index is 1000. The minimum absolute atomic E-state index is 0.0650. The van der Waals surface area contributed by atoms with E-state index in [1.807, 2.05) is 30.3 Å². The minimum atomic E-state index is -3.64. The summed E-state index contributed by atoms with van der Waals surface area (Å²) in [4.78, 5) is 14.7. The first-order chi connectivity index (χ1) is 14.4. The number of carbonyl (C=O) groups is 1. The SMILES string of the molecule is CN(Cc1ccccc1)C(=O)C1CCN(S(=O)(=O)c2ccc3c(c2)OCCO3)CC1. The summed E-state index contributed by atoms with van der Waals surface area (Å²) < 4.78 is 38.6. The minimum Gasteiger partial charge on any atom is -0.486 e. The normalized spacial score (nSPS) is 17.5. The quantitative estimate of drug-likeness (QED) is 0.729. The Kier molecular flexibility index (Phi) is 5.97. The van der Waals surface area contributed by atoms with Crippen LogP contribution in [0.3, 0.4) is 0 Å². The summed E-state index contributed by atoms with van der Waals surface area (Å²) in [6.07, 6.45) is 1.03. The van der Waals surface area contributed by atoms with E-state index in [0.29, 0.717) is 57.2 Å². The summed E-state index contributed by atoms with van der Waals surface area (Å²) in [5, 5.41) is 0. The number of carbonyl (C=O) groups excluding carboxylic acids is 1. The molecular weight excluding hydrogens is 404 g/mol. The maximum atomic E-state index is 13.1. The van der Waals surface area contributed by atoms with Gasteiger partial charge in [-0.1, -0.05) is 30.3 Å². The topological polar surface area (TPSA) is 76.2 Å². The lowest BCUT2D eigenvalue weighted by Gasteiger charge is -2.32. The van der Waals surface area contributed by atoms with Crippen molar-refractivity contribution in [1.29, 1.82) is 0 Å². The predicted octanol–water partition coefficient (Wildman–Crippen LogP) is 2.52. The van der Waals surface area contributed by atoms with Gasteiger partial charge >= 0.3 is 0 Å². The Labute approximate surface area is 177 Å². The van der Waals surface area contributed by atoms with Crippen molar-refractivity contribution in [3.8, 4) is 11.5 Å². The zero-order chi connectivity index (χ0) is 21.1. The van der Waals surface area contributed by atoms with E-state index in [4.69, 9.17) is 9.47 Å². The van der Waals surface area contributed by atoms with Gasteiger partial charge in [0, 0.05) is 38.7 Å². The zero-order valence-corrected chi connectivity index (χ0v) is 17.8. The third kappa shape index (κ3) is 4.29. The number of rotatable bonds is 5. The highest BCUT2D eigenvalue weighted by molar-refractivity contribution is 7.89. The van der Waals surface area contributed by atoms with Crippen molar-refractivity contribution in [3.63, 3.8) is 0 Å². The van der Waals surface area contributed by atoms with Gasteiger partial charge in [-0.05, 0) is 30.5 Å². The molecule has 2 aliphatic heterocycles. The van der Waals surface area contributed by atoms with Crippen LogP contribution in [0.25, 0.3) is 0 Å². The summed E-state index contributed by atoms with van der Waals surface area (Å²) in [7, 11) is -1.84. The van der Waals surface area contributed by atoms with Gasteiger partial charge in [-0.15, -0.1) is 0 Å². The first-order valence-electron chi connectivity index (χ1n) is 10.1. The van der Waals surface area contributed by atoms with Gasteiger partial charge < -0.3 is 14.4 Å². The summed E-state index contributed by atoms with van der Waals surface area (Å²) >= 11 is 0. The van der Waals surface area contributed by atoms with Crippen LogP contribution >= 0.6 is 0 Å². The molecule has 0 aromatic heterocycles. The summed E-state index contributed by atoms with van der Waals surface area (Å²) in [6.45, 7) is 2.06. The molecule has 2 aliphatic rings. The molecule has 1 fully saturated rings. The van der Waals surface area contributed by atoms with Crippen molar-refractivity contribution in [3.05, 3.63) is 54.1 Å². The first kappa shape index (κ1) is 20.7. The molecule has 0 spiro atoms. The lowest BCUT2D eigenvalue weighted by Crippen LogP contribution is -2.43. The number of ether oxygens (including phenoxy) is 2. The average molecular weight is 431 g/mol. The number of hydrogen-bond acceptors (Lipinski definition) is 5. The molecule has 0 aliphatic carbocycles. The number of hydrogen-bond donors (Lipinski definition) is 0. The van der Waals surface area contributed by atoms with Gasteiger partial charge in [0.05, 0.1) is 4.90 Å². The number of piperidine rings is 1. The van der Waals surface area contributed by atoms with Crippen LogP contribution in [0, 0.1) is 5.92 Å². The van der Waals surface area contributed by atoms with Gasteiger partial charge in [0.15, 0.2) is 11.5 Å². The van der Waals surface area contributed by atoms with Crippen molar-refractivity contribution >= 4 is 15.9 Å². The second kappa shape index (κ2) is 8.65. The largest absolute Gasteiger partial charge is 0.486 e. The van der Waals surface area contributed by atoms with Crippen LogP contribution in [0.4, 0.5) is 0 Å². The molecule has 160 valence electrons. The third-order valence-electron chi connectivity index (χ3n) is 5.59. The maximum Gasteiger partial charge on any atom is 0.243 e. The highest BCUT2D eigenvalue weighted by Gasteiger charge is 2.33. The molecule has 30 heavy (non-hydrogen) atoms. The van der Waals surface area contributed by atoms with Gasteiger partial charge in [0.25, 0.3) is 0 Å². The number of sulfonamides is 1. The van der Waals surface area contributed by atoms with Crippen LogP contribution in [-0.4, -0.2) is 56.9 Å². The summed E-state index contributed by atoms with van der Waals surface area (Å²) in [5.41, 5.74) is 1.08. The predicted molar refractivity (Wildman–Crippen MR) is 112 cm³/mol. The monoisotopic (exact) mass is 430 g/mol. The van der Waals surface area contributed by atoms with Crippen molar-refractivity contribution in [2.45, 2.75) is 24.3 Å². The van der Waals surface area contributed by atoms with Gasteiger partial charge in [-0.25, -0.2) is 8.42 Å². The van der Waals surface area contributed by atoms with Gasteiger partial charge in [0.2, 0.25) is 15.9 Å². The fraction of sp³-hybridized carbons (Fsp3) is 0.409. The van der Waals surface area contributed by atoms with Crippen molar-refractivity contribution in [2.24, 2.45) is 5.92 Å². The summed E-state index contributed by atoms with van der Waals surface area (Å²) in [6, 6.07) is 14.5. The van der Waals surface area contributed by atoms with E-state index in [2.05, 4.69) is 0 Å². The molecule has 0 saturated carbocycles. The number of fused-ring (bicyclic) bond motifs is 1. The average Bonchev–Trinajstić information content (AvgIpc) is 2.79. The molecule has 4 rings (SSSR count). The fourth-order valence-electron chi connectivity index (χ4n) is 3.92. The molecule has 0 atom stereocenters. The van der Waals surface area contributed by atoms with E-state index < -0.39 is 10.0 Å². The van der Waals surface area contributed by atoms with Crippen LogP contribution in [0.2, 0.25) is 0 Å². The van der Waals surface area contributed by atoms with Crippen LogP contribution in [-0.2, 0) is 21.4 Å². The highest BCUT2D eigenvalue weighted by Crippen LogP contribution is 2.34. The van der Waals surface area contributed by atoms with Gasteiger partial charge in [-0.2, -0.15) is 4.31 Å². The number of benzene rings is 2. The maximum absolute atomic E-state index is 13.1. The lowest BCUT2D eigenvalue weighted by molar-refractivity contribution is -0.135. The van der Waals surface area contributed by atoms with E-state index in [9.17, 15) is 13.2 Å². The highest BCUT2D eigenvalue weighted by atomic mass is 32.2. The Morgan fingerprint density at radius 2 is 1.70 bits per heavy atom. The van der Waals surface area contributed by atoms with E-state index in [1.165, 1.54) is 10.4 Å².